The van der Waals surface area contributed by atoms with Crippen LogP contribution in [0.2, 0.25) is 0 Å². The van der Waals surface area contributed by atoms with Crippen molar-refractivity contribution in [2.24, 2.45) is 0 Å². The zero-order valence-electron chi connectivity index (χ0n) is 12.0. The maximum absolute atomic E-state index is 12.9. The Balaban J connectivity index is 1.95. The largest absolute Gasteiger partial charge is 0.416 e. The summed E-state index contributed by atoms with van der Waals surface area (Å²) in [6.45, 7) is 0.479. The number of ether oxygens (including phenoxy) is 1. The van der Waals surface area contributed by atoms with E-state index in [1.54, 1.807) is 12.3 Å². The SMILES string of the molecule is O=C(Nc1cc(C(F)(F)F)ccc1-n1cccn1)C1CCCO1. The van der Waals surface area contributed by atoms with E-state index in [1.807, 2.05) is 0 Å². The van der Waals surface area contributed by atoms with Gasteiger partial charge in [-0.2, -0.15) is 18.3 Å². The Morgan fingerprint density at radius 3 is 2.83 bits per heavy atom. The molecular formula is C15H14F3N3O2. The van der Waals surface area contributed by atoms with Crippen LogP contribution >= 0.6 is 0 Å². The van der Waals surface area contributed by atoms with Gasteiger partial charge in [0.2, 0.25) is 0 Å². The van der Waals surface area contributed by atoms with Crippen LogP contribution in [0, 0.1) is 0 Å². The average molecular weight is 325 g/mol. The molecule has 1 atom stereocenters. The maximum Gasteiger partial charge on any atom is 0.416 e. The summed E-state index contributed by atoms with van der Waals surface area (Å²) in [5, 5.41) is 6.53. The lowest BCUT2D eigenvalue weighted by Gasteiger charge is -2.16. The van der Waals surface area contributed by atoms with Crippen molar-refractivity contribution in [2.75, 3.05) is 11.9 Å². The van der Waals surface area contributed by atoms with Gasteiger partial charge in [-0.3, -0.25) is 4.79 Å². The van der Waals surface area contributed by atoms with E-state index in [-0.39, 0.29) is 5.69 Å². The summed E-state index contributed by atoms with van der Waals surface area (Å²) in [6, 6.07) is 4.78. The molecule has 23 heavy (non-hydrogen) atoms. The van der Waals surface area contributed by atoms with Crippen LogP contribution in [0.1, 0.15) is 18.4 Å². The van der Waals surface area contributed by atoms with Gasteiger partial charge in [-0.1, -0.05) is 0 Å². The summed E-state index contributed by atoms with van der Waals surface area (Å²) in [5.74, 6) is -0.449. The fourth-order valence-electron chi connectivity index (χ4n) is 2.42. The van der Waals surface area contributed by atoms with E-state index in [9.17, 15) is 18.0 Å². The number of benzene rings is 1. The Bertz CT molecular complexity index is 692. The normalized spacial score (nSPS) is 18.1. The predicted molar refractivity (Wildman–Crippen MR) is 76.2 cm³/mol. The molecule has 0 spiro atoms. The molecule has 122 valence electrons. The van der Waals surface area contributed by atoms with Gasteiger partial charge in [0.15, 0.2) is 0 Å². The van der Waals surface area contributed by atoms with E-state index in [0.29, 0.717) is 18.7 Å². The molecule has 1 fully saturated rings. The maximum atomic E-state index is 12.9. The summed E-state index contributed by atoms with van der Waals surface area (Å²) < 4.78 is 45.4. The Morgan fingerprint density at radius 2 is 2.22 bits per heavy atom. The van der Waals surface area contributed by atoms with Crippen LogP contribution in [-0.4, -0.2) is 28.4 Å². The molecule has 1 amide bonds. The number of alkyl halides is 3. The first kappa shape index (κ1) is 15.5. The van der Waals surface area contributed by atoms with E-state index in [4.69, 9.17) is 4.74 Å². The molecule has 1 aromatic carbocycles. The molecule has 0 aliphatic carbocycles. The Hall–Kier alpha value is -2.35. The van der Waals surface area contributed by atoms with Gasteiger partial charge in [-0.25, -0.2) is 4.68 Å². The first-order valence-corrected chi connectivity index (χ1v) is 7.09. The Labute approximate surface area is 130 Å². The van der Waals surface area contributed by atoms with Crippen LogP contribution in [0.3, 0.4) is 0 Å². The fraction of sp³-hybridized carbons (Fsp3) is 0.333. The molecule has 2 aromatic rings. The second-order valence-electron chi connectivity index (χ2n) is 5.17. The standard InChI is InChI=1S/C15H14F3N3O2/c16-15(17,18)10-4-5-12(21-7-2-6-19-21)11(9-10)20-14(22)13-3-1-8-23-13/h2,4-7,9,13H,1,3,8H2,(H,20,22). The monoisotopic (exact) mass is 325 g/mol. The average Bonchev–Trinajstić information content (AvgIpc) is 3.20. The molecule has 2 heterocycles. The summed E-state index contributed by atoms with van der Waals surface area (Å²) in [4.78, 5) is 12.2. The highest BCUT2D eigenvalue weighted by atomic mass is 19.4. The van der Waals surface area contributed by atoms with Crippen molar-refractivity contribution in [3.05, 3.63) is 42.2 Å². The van der Waals surface area contributed by atoms with Crippen molar-refractivity contribution >= 4 is 11.6 Å². The highest BCUT2D eigenvalue weighted by Crippen LogP contribution is 2.33. The van der Waals surface area contributed by atoms with Gasteiger partial charge >= 0.3 is 6.18 Å². The molecule has 5 nitrogen and oxygen atoms in total. The van der Waals surface area contributed by atoms with Gasteiger partial charge in [0.25, 0.3) is 5.91 Å². The number of hydrogen-bond acceptors (Lipinski definition) is 3. The summed E-state index contributed by atoms with van der Waals surface area (Å²) in [5.41, 5.74) is -0.436. The number of nitrogens with one attached hydrogen (secondary N) is 1. The molecule has 8 heteroatoms. The van der Waals surface area contributed by atoms with E-state index in [0.717, 1.165) is 18.6 Å². The Morgan fingerprint density at radius 1 is 1.39 bits per heavy atom. The van der Waals surface area contributed by atoms with Gasteiger partial charge < -0.3 is 10.1 Å². The number of hydrogen-bond donors (Lipinski definition) is 1. The van der Waals surface area contributed by atoms with Crippen molar-refractivity contribution < 1.29 is 22.7 Å². The molecule has 0 radical (unpaired) electrons. The van der Waals surface area contributed by atoms with Crippen molar-refractivity contribution in [1.82, 2.24) is 9.78 Å². The van der Waals surface area contributed by atoms with Crippen molar-refractivity contribution in [3.63, 3.8) is 0 Å². The van der Waals surface area contributed by atoms with Crippen LogP contribution in [-0.2, 0) is 15.7 Å². The van der Waals surface area contributed by atoms with E-state index >= 15 is 0 Å². The van der Waals surface area contributed by atoms with Crippen molar-refractivity contribution in [2.45, 2.75) is 25.1 Å². The molecule has 1 unspecified atom stereocenters. The third-order valence-corrected chi connectivity index (χ3v) is 3.56. The second-order valence-corrected chi connectivity index (χ2v) is 5.17. The van der Waals surface area contributed by atoms with Crippen LogP contribution in [0.4, 0.5) is 18.9 Å². The minimum atomic E-state index is -4.49. The number of nitrogens with zero attached hydrogens (tertiary/aromatic N) is 2. The van der Waals surface area contributed by atoms with Crippen LogP contribution in [0.5, 0.6) is 0 Å². The van der Waals surface area contributed by atoms with Gasteiger partial charge in [0, 0.05) is 19.0 Å². The topological polar surface area (TPSA) is 56.2 Å². The first-order valence-electron chi connectivity index (χ1n) is 7.09. The highest BCUT2D eigenvalue weighted by Gasteiger charge is 2.32. The van der Waals surface area contributed by atoms with Crippen molar-refractivity contribution in [3.8, 4) is 5.69 Å². The van der Waals surface area contributed by atoms with Crippen LogP contribution in [0.15, 0.2) is 36.7 Å². The van der Waals surface area contributed by atoms with E-state index < -0.39 is 23.8 Å². The molecule has 1 aromatic heterocycles. The fourth-order valence-corrected chi connectivity index (χ4v) is 2.42. The number of rotatable bonds is 3. The third-order valence-electron chi connectivity index (χ3n) is 3.56. The number of halogens is 3. The first-order chi connectivity index (χ1) is 10.9. The zero-order valence-corrected chi connectivity index (χ0v) is 12.0. The molecule has 0 saturated carbocycles. The number of carbonyl (C=O) groups is 1. The number of carbonyl (C=O) groups excluding carboxylic acids is 1. The predicted octanol–water partition coefficient (Wildman–Crippen LogP) is 3.01. The Kier molecular flexibility index (Phi) is 4.08. The third kappa shape index (κ3) is 3.37. The van der Waals surface area contributed by atoms with Gasteiger partial charge in [-0.05, 0) is 37.1 Å². The number of amides is 1. The minimum absolute atomic E-state index is 0.0454. The molecule has 1 aliphatic heterocycles. The van der Waals surface area contributed by atoms with Crippen LogP contribution in [0.25, 0.3) is 5.69 Å². The van der Waals surface area contributed by atoms with E-state index in [2.05, 4.69) is 10.4 Å². The number of aromatic nitrogens is 2. The summed E-state index contributed by atoms with van der Waals surface area (Å²) >= 11 is 0. The van der Waals surface area contributed by atoms with E-state index in [1.165, 1.54) is 16.9 Å². The summed E-state index contributed by atoms with van der Waals surface area (Å²) in [6.07, 6.45) is -0.719. The molecule has 0 bridgehead atoms. The van der Waals surface area contributed by atoms with Crippen LogP contribution < -0.4 is 5.32 Å². The van der Waals surface area contributed by atoms with Crippen molar-refractivity contribution in [1.29, 1.82) is 0 Å². The number of anilines is 1. The molecular weight excluding hydrogens is 311 g/mol. The van der Waals surface area contributed by atoms with Gasteiger partial charge in [-0.15, -0.1) is 0 Å². The zero-order chi connectivity index (χ0) is 16.4. The second kappa shape index (κ2) is 6.04. The quantitative estimate of drug-likeness (QED) is 0.944. The summed E-state index contributed by atoms with van der Waals surface area (Å²) in [7, 11) is 0. The molecule has 1 saturated heterocycles. The van der Waals surface area contributed by atoms with Gasteiger partial charge in [0.1, 0.15) is 6.10 Å². The smallest absolute Gasteiger partial charge is 0.368 e. The highest BCUT2D eigenvalue weighted by molar-refractivity contribution is 5.96. The lowest BCUT2D eigenvalue weighted by molar-refractivity contribution is -0.137. The molecule has 1 aliphatic rings. The van der Waals surface area contributed by atoms with Gasteiger partial charge in [0.05, 0.1) is 16.9 Å². The lowest BCUT2D eigenvalue weighted by atomic mass is 10.1. The molecule has 3 rings (SSSR count). The minimum Gasteiger partial charge on any atom is -0.368 e. The molecule has 1 N–H and O–H groups in total. The lowest BCUT2D eigenvalue weighted by Crippen LogP contribution is -2.27.